The lowest BCUT2D eigenvalue weighted by Crippen LogP contribution is -2.51. The third kappa shape index (κ3) is 4.59. The summed E-state index contributed by atoms with van der Waals surface area (Å²) in [6.07, 6.45) is -1.16. The van der Waals surface area contributed by atoms with Crippen molar-refractivity contribution >= 4 is 17.6 Å². The summed E-state index contributed by atoms with van der Waals surface area (Å²) in [7, 11) is 0. The Morgan fingerprint density at radius 2 is 1.74 bits per heavy atom. The molecule has 0 heterocycles. The van der Waals surface area contributed by atoms with Gasteiger partial charge < -0.3 is 20.8 Å². The molecule has 1 rings (SSSR count). The number of anilines is 1. The Bertz CT molecular complexity index is 434. The van der Waals surface area contributed by atoms with E-state index in [9.17, 15) is 14.7 Å². The highest BCUT2D eigenvalue weighted by Crippen LogP contribution is 2.07. The van der Waals surface area contributed by atoms with Crippen LogP contribution >= 0.6 is 0 Å². The number of aliphatic hydroxyl groups excluding tert-OH is 1. The van der Waals surface area contributed by atoms with Crippen LogP contribution in [0.4, 0.5) is 5.69 Å². The zero-order valence-corrected chi connectivity index (χ0v) is 10.8. The first kappa shape index (κ1) is 15.0. The van der Waals surface area contributed by atoms with Crippen molar-refractivity contribution in [2.45, 2.75) is 32.0 Å². The van der Waals surface area contributed by atoms with Gasteiger partial charge in [-0.25, -0.2) is 4.79 Å². The number of hydrogen-bond donors (Lipinski definition) is 4. The Hall–Kier alpha value is -2.08. The number of carbonyl (C=O) groups excluding carboxylic acids is 1. The fraction of sp³-hybridized carbons (Fsp3) is 0.385. The maximum absolute atomic E-state index is 11.8. The number of benzene rings is 1. The second-order valence-corrected chi connectivity index (χ2v) is 4.30. The standard InChI is InChI=1S/C13H18N2O4/c1-8(14-10-6-4-3-5-7-10)12(17)15-11(9(2)16)13(18)19/h3-9,11,14,16H,1-2H3,(H,15,17)(H,18,19)/t8-,9+,11-/m0/s1. The van der Waals surface area contributed by atoms with E-state index in [1.165, 1.54) is 6.92 Å². The fourth-order valence-corrected chi connectivity index (χ4v) is 1.52. The van der Waals surface area contributed by atoms with Crippen molar-refractivity contribution < 1.29 is 19.8 Å². The molecule has 0 saturated carbocycles. The predicted molar refractivity (Wildman–Crippen MR) is 70.8 cm³/mol. The molecule has 0 fully saturated rings. The monoisotopic (exact) mass is 266 g/mol. The zero-order valence-electron chi connectivity index (χ0n) is 10.8. The molecular formula is C13H18N2O4. The van der Waals surface area contributed by atoms with Crippen LogP contribution in [0.25, 0.3) is 0 Å². The molecule has 1 aromatic carbocycles. The van der Waals surface area contributed by atoms with E-state index in [2.05, 4.69) is 10.6 Å². The lowest BCUT2D eigenvalue weighted by Gasteiger charge is -2.20. The van der Waals surface area contributed by atoms with Crippen molar-refractivity contribution in [2.75, 3.05) is 5.32 Å². The van der Waals surface area contributed by atoms with E-state index in [1.807, 2.05) is 18.2 Å². The van der Waals surface area contributed by atoms with E-state index in [4.69, 9.17) is 5.11 Å². The predicted octanol–water partition coefficient (Wildman–Crippen LogP) is 0.437. The van der Waals surface area contributed by atoms with Crippen LogP contribution in [0.3, 0.4) is 0 Å². The molecule has 0 spiro atoms. The Kier molecular flexibility index (Phi) is 5.32. The van der Waals surface area contributed by atoms with Gasteiger partial charge in [-0.15, -0.1) is 0 Å². The number of hydrogen-bond acceptors (Lipinski definition) is 4. The number of aliphatic hydroxyl groups is 1. The van der Waals surface area contributed by atoms with E-state index < -0.39 is 30.1 Å². The molecule has 104 valence electrons. The van der Waals surface area contributed by atoms with E-state index in [0.29, 0.717) is 0 Å². The van der Waals surface area contributed by atoms with Gasteiger partial charge in [-0.2, -0.15) is 0 Å². The lowest BCUT2D eigenvalue weighted by atomic mass is 10.1. The van der Waals surface area contributed by atoms with Gasteiger partial charge in [0.15, 0.2) is 6.04 Å². The van der Waals surface area contributed by atoms with Gasteiger partial charge in [-0.05, 0) is 26.0 Å². The summed E-state index contributed by atoms with van der Waals surface area (Å²) in [5.41, 5.74) is 0.758. The molecule has 0 aliphatic rings. The maximum atomic E-state index is 11.8. The topological polar surface area (TPSA) is 98.7 Å². The molecule has 0 aromatic heterocycles. The van der Waals surface area contributed by atoms with E-state index >= 15 is 0 Å². The normalized spacial score (nSPS) is 15.1. The summed E-state index contributed by atoms with van der Waals surface area (Å²) in [5.74, 6) is -1.76. The fourth-order valence-electron chi connectivity index (χ4n) is 1.52. The van der Waals surface area contributed by atoms with Crippen LogP contribution in [0, 0.1) is 0 Å². The van der Waals surface area contributed by atoms with Gasteiger partial charge in [0.05, 0.1) is 6.10 Å². The van der Waals surface area contributed by atoms with Crippen LogP contribution in [-0.2, 0) is 9.59 Å². The Labute approximate surface area is 111 Å². The number of carboxylic acid groups (broad SMARTS) is 1. The molecule has 0 unspecified atom stereocenters. The molecule has 0 radical (unpaired) electrons. The van der Waals surface area contributed by atoms with Crippen LogP contribution in [-0.4, -0.2) is 40.3 Å². The molecule has 19 heavy (non-hydrogen) atoms. The minimum atomic E-state index is -1.31. The highest BCUT2D eigenvalue weighted by molar-refractivity contribution is 5.88. The number of carbonyl (C=O) groups is 2. The molecule has 0 saturated heterocycles. The molecular weight excluding hydrogens is 248 g/mol. The second-order valence-electron chi connectivity index (χ2n) is 4.30. The smallest absolute Gasteiger partial charge is 0.328 e. The van der Waals surface area contributed by atoms with Gasteiger partial charge in [0, 0.05) is 5.69 Å². The molecule has 0 aliphatic heterocycles. The lowest BCUT2D eigenvalue weighted by molar-refractivity contribution is -0.144. The van der Waals surface area contributed by atoms with Crippen molar-refractivity contribution in [2.24, 2.45) is 0 Å². The molecule has 0 aliphatic carbocycles. The summed E-state index contributed by atoms with van der Waals surface area (Å²) < 4.78 is 0. The van der Waals surface area contributed by atoms with Gasteiger partial charge in [0.1, 0.15) is 6.04 Å². The summed E-state index contributed by atoms with van der Waals surface area (Å²) in [5, 5.41) is 23.4. The minimum Gasteiger partial charge on any atom is -0.480 e. The van der Waals surface area contributed by atoms with Crippen LogP contribution in [0.1, 0.15) is 13.8 Å². The summed E-state index contributed by atoms with van der Waals surface area (Å²) in [6, 6.07) is 7.17. The minimum absolute atomic E-state index is 0.489. The number of amides is 1. The van der Waals surface area contributed by atoms with Crippen molar-refractivity contribution in [3.8, 4) is 0 Å². The molecule has 0 bridgehead atoms. The van der Waals surface area contributed by atoms with Crippen molar-refractivity contribution in [1.82, 2.24) is 5.32 Å². The third-order valence-corrected chi connectivity index (χ3v) is 2.60. The van der Waals surface area contributed by atoms with Crippen LogP contribution in [0.2, 0.25) is 0 Å². The highest BCUT2D eigenvalue weighted by atomic mass is 16.4. The average Bonchev–Trinajstić information content (AvgIpc) is 2.35. The first-order valence-corrected chi connectivity index (χ1v) is 5.94. The molecule has 1 aromatic rings. The molecule has 3 atom stereocenters. The van der Waals surface area contributed by atoms with Gasteiger partial charge in [0.25, 0.3) is 0 Å². The Morgan fingerprint density at radius 1 is 1.16 bits per heavy atom. The van der Waals surface area contributed by atoms with Crippen LogP contribution < -0.4 is 10.6 Å². The largest absolute Gasteiger partial charge is 0.480 e. The summed E-state index contributed by atoms with van der Waals surface area (Å²) in [4.78, 5) is 22.7. The summed E-state index contributed by atoms with van der Waals surface area (Å²) in [6.45, 7) is 2.93. The Balaban J connectivity index is 2.60. The first-order valence-electron chi connectivity index (χ1n) is 5.94. The van der Waals surface area contributed by atoms with Crippen LogP contribution in [0.5, 0.6) is 0 Å². The van der Waals surface area contributed by atoms with E-state index in [1.54, 1.807) is 19.1 Å². The SMILES string of the molecule is C[C@H](Nc1ccccc1)C(=O)N[C@H](C(=O)O)[C@@H](C)O. The highest BCUT2D eigenvalue weighted by Gasteiger charge is 2.26. The number of nitrogens with one attached hydrogen (secondary N) is 2. The van der Waals surface area contributed by atoms with E-state index in [-0.39, 0.29) is 0 Å². The zero-order chi connectivity index (χ0) is 14.4. The molecule has 1 amide bonds. The van der Waals surface area contributed by atoms with E-state index in [0.717, 1.165) is 5.69 Å². The number of carboxylic acids is 1. The first-order chi connectivity index (χ1) is 8.91. The molecule has 4 N–H and O–H groups in total. The van der Waals surface area contributed by atoms with Crippen molar-refractivity contribution in [3.05, 3.63) is 30.3 Å². The van der Waals surface area contributed by atoms with Gasteiger partial charge in [-0.1, -0.05) is 18.2 Å². The molecule has 6 nitrogen and oxygen atoms in total. The van der Waals surface area contributed by atoms with Crippen molar-refractivity contribution in [3.63, 3.8) is 0 Å². The van der Waals surface area contributed by atoms with Gasteiger partial charge >= 0.3 is 5.97 Å². The number of rotatable bonds is 6. The maximum Gasteiger partial charge on any atom is 0.328 e. The Morgan fingerprint density at radius 3 is 2.21 bits per heavy atom. The summed E-state index contributed by atoms with van der Waals surface area (Å²) >= 11 is 0. The average molecular weight is 266 g/mol. The number of aliphatic carboxylic acids is 1. The molecule has 6 heteroatoms. The third-order valence-electron chi connectivity index (χ3n) is 2.60. The van der Waals surface area contributed by atoms with Crippen LogP contribution in [0.15, 0.2) is 30.3 Å². The quantitative estimate of drug-likeness (QED) is 0.599. The van der Waals surface area contributed by atoms with Gasteiger partial charge in [0.2, 0.25) is 5.91 Å². The van der Waals surface area contributed by atoms with Crippen molar-refractivity contribution in [1.29, 1.82) is 0 Å². The van der Waals surface area contributed by atoms with Gasteiger partial charge in [-0.3, -0.25) is 4.79 Å². The second kappa shape index (κ2) is 6.75. The number of para-hydroxylation sites is 1.